The number of hydrogen-bond acceptors (Lipinski definition) is 3. The maximum absolute atomic E-state index is 6.63. The van der Waals surface area contributed by atoms with E-state index in [4.69, 9.17) is 9.47 Å². The average molecular weight is 654 g/mol. The molecule has 240 valence electrons. The zero-order valence-electron chi connectivity index (χ0n) is 27.7. The molecular formula is C48H31NO2. The molecule has 8 aromatic carbocycles. The van der Waals surface area contributed by atoms with Crippen LogP contribution in [0.3, 0.4) is 0 Å². The van der Waals surface area contributed by atoms with Crippen molar-refractivity contribution in [3.8, 4) is 78.6 Å². The smallest absolute Gasteiger partial charge is 0.135 e. The SMILES string of the molecule is c1ccc(-c2cccc(N(c3ccc4c(c3)-c3ccccc3-c3ccccc3O4)c3ccc4c(c3)-c3ccccc3-c3ccccc3O4)c2)cc1. The maximum atomic E-state index is 6.63. The van der Waals surface area contributed by atoms with Crippen LogP contribution >= 0.6 is 0 Å². The van der Waals surface area contributed by atoms with Gasteiger partial charge in [-0.15, -0.1) is 0 Å². The lowest BCUT2D eigenvalue weighted by Gasteiger charge is -2.28. The summed E-state index contributed by atoms with van der Waals surface area (Å²) in [5.74, 6) is 3.37. The van der Waals surface area contributed by atoms with E-state index in [9.17, 15) is 0 Å². The van der Waals surface area contributed by atoms with Crippen LogP contribution in [0.15, 0.2) is 188 Å². The van der Waals surface area contributed by atoms with E-state index in [0.29, 0.717) is 0 Å². The minimum Gasteiger partial charge on any atom is -0.456 e. The summed E-state index contributed by atoms with van der Waals surface area (Å²) in [5, 5.41) is 0. The van der Waals surface area contributed by atoms with Gasteiger partial charge in [0.05, 0.1) is 0 Å². The Morgan fingerprint density at radius 1 is 0.255 bits per heavy atom. The number of benzene rings is 8. The van der Waals surface area contributed by atoms with Crippen molar-refractivity contribution in [3.05, 3.63) is 188 Å². The molecule has 0 N–H and O–H groups in total. The number of rotatable bonds is 4. The summed E-state index contributed by atoms with van der Waals surface area (Å²) in [6.45, 7) is 0. The molecule has 0 aromatic heterocycles. The van der Waals surface area contributed by atoms with Gasteiger partial charge in [0.2, 0.25) is 0 Å². The van der Waals surface area contributed by atoms with Crippen LogP contribution in [0.1, 0.15) is 0 Å². The average Bonchev–Trinajstić information content (AvgIpc) is 3.43. The second-order valence-electron chi connectivity index (χ2n) is 12.9. The van der Waals surface area contributed by atoms with Gasteiger partial charge in [0.15, 0.2) is 0 Å². The van der Waals surface area contributed by atoms with Crippen molar-refractivity contribution in [3.63, 3.8) is 0 Å². The van der Waals surface area contributed by atoms with E-state index >= 15 is 0 Å². The van der Waals surface area contributed by atoms with Gasteiger partial charge in [-0.05, 0) is 94.0 Å². The number of anilines is 3. The molecule has 0 spiro atoms. The van der Waals surface area contributed by atoms with Gasteiger partial charge < -0.3 is 14.4 Å². The third-order valence-corrected chi connectivity index (χ3v) is 9.88. The van der Waals surface area contributed by atoms with E-state index in [1.165, 1.54) is 5.56 Å². The van der Waals surface area contributed by atoms with Gasteiger partial charge in [0, 0.05) is 39.3 Å². The van der Waals surface area contributed by atoms with Crippen LogP contribution in [-0.4, -0.2) is 0 Å². The van der Waals surface area contributed by atoms with Gasteiger partial charge in [-0.25, -0.2) is 0 Å². The lowest BCUT2D eigenvalue weighted by Crippen LogP contribution is -2.10. The zero-order valence-corrected chi connectivity index (χ0v) is 27.7. The standard InChI is InChI=1S/C48H31NO2/c1-2-13-32(14-3-1)33-15-12-16-34(29-33)49(35-25-27-47-43(30-35)39-19-6-4-17-37(39)41-21-8-10-23-45(41)50-47)36-26-28-48-44(31-36)40-20-7-5-18-38(40)42-22-9-11-24-46(42)51-48/h1-31H. The Hall–Kier alpha value is -6.84. The Morgan fingerprint density at radius 3 is 1.18 bits per heavy atom. The number of ether oxygens (including phenoxy) is 2. The Morgan fingerprint density at radius 2 is 0.647 bits per heavy atom. The van der Waals surface area contributed by atoms with Crippen LogP contribution in [0.5, 0.6) is 23.0 Å². The summed E-state index contributed by atoms with van der Waals surface area (Å²) < 4.78 is 13.3. The highest BCUT2D eigenvalue weighted by Crippen LogP contribution is 2.51. The van der Waals surface area contributed by atoms with Gasteiger partial charge in [-0.3, -0.25) is 0 Å². The molecule has 0 aliphatic carbocycles. The highest BCUT2D eigenvalue weighted by molar-refractivity contribution is 5.95. The number of fused-ring (bicyclic) bond motifs is 10. The first-order chi connectivity index (χ1) is 25.3. The van der Waals surface area contributed by atoms with Gasteiger partial charge in [0.25, 0.3) is 0 Å². The van der Waals surface area contributed by atoms with Crippen LogP contribution in [0.2, 0.25) is 0 Å². The van der Waals surface area contributed by atoms with Gasteiger partial charge in [-0.1, -0.05) is 127 Å². The second-order valence-corrected chi connectivity index (χ2v) is 12.9. The van der Waals surface area contributed by atoms with Crippen LogP contribution in [0.25, 0.3) is 55.6 Å². The lowest BCUT2D eigenvalue weighted by atomic mass is 9.93. The summed E-state index contributed by atoms with van der Waals surface area (Å²) in [7, 11) is 0. The van der Waals surface area contributed by atoms with E-state index in [1.54, 1.807) is 0 Å². The third-order valence-electron chi connectivity index (χ3n) is 9.88. The minimum absolute atomic E-state index is 0.830. The van der Waals surface area contributed by atoms with Crippen LogP contribution in [-0.2, 0) is 0 Å². The van der Waals surface area contributed by atoms with E-state index in [-0.39, 0.29) is 0 Å². The van der Waals surface area contributed by atoms with Crippen molar-refractivity contribution in [1.82, 2.24) is 0 Å². The summed E-state index contributed by atoms with van der Waals surface area (Å²) in [4.78, 5) is 2.34. The molecule has 3 nitrogen and oxygen atoms in total. The molecular weight excluding hydrogens is 623 g/mol. The molecule has 0 atom stereocenters. The lowest BCUT2D eigenvalue weighted by molar-refractivity contribution is 0.487. The molecule has 10 rings (SSSR count). The van der Waals surface area contributed by atoms with Gasteiger partial charge in [-0.2, -0.15) is 0 Å². The highest BCUT2D eigenvalue weighted by atomic mass is 16.5. The predicted octanol–water partition coefficient (Wildman–Crippen LogP) is 13.7. The molecule has 2 aliphatic heterocycles. The Balaban J connectivity index is 1.19. The van der Waals surface area contributed by atoms with Crippen LogP contribution < -0.4 is 14.4 Å². The topological polar surface area (TPSA) is 21.7 Å². The molecule has 2 heterocycles. The Kier molecular flexibility index (Phi) is 6.81. The molecule has 0 radical (unpaired) electrons. The van der Waals surface area contributed by atoms with Gasteiger partial charge >= 0.3 is 0 Å². The maximum Gasteiger partial charge on any atom is 0.135 e. The van der Waals surface area contributed by atoms with Crippen molar-refractivity contribution in [2.45, 2.75) is 0 Å². The largest absolute Gasteiger partial charge is 0.456 e. The third kappa shape index (κ3) is 4.98. The molecule has 0 unspecified atom stereocenters. The molecule has 0 amide bonds. The van der Waals surface area contributed by atoms with Gasteiger partial charge in [0.1, 0.15) is 23.0 Å². The van der Waals surface area contributed by atoms with Crippen LogP contribution in [0, 0.1) is 0 Å². The van der Waals surface area contributed by atoms with E-state index in [2.05, 4.69) is 169 Å². The molecule has 0 saturated carbocycles. The molecule has 0 saturated heterocycles. The molecule has 51 heavy (non-hydrogen) atoms. The number of para-hydroxylation sites is 2. The molecule has 8 aromatic rings. The minimum atomic E-state index is 0.830. The number of hydrogen-bond donors (Lipinski definition) is 0. The quantitative estimate of drug-likeness (QED) is 0.189. The molecule has 0 fully saturated rings. The fourth-order valence-corrected chi connectivity index (χ4v) is 7.51. The summed E-state index contributed by atoms with van der Waals surface area (Å²) >= 11 is 0. The van der Waals surface area contributed by atoms with Crippen molar-refractivity contribution < 1.29 is 9.47 Å². The van der Waals surface area contributed by atoms with Crippen molar-refractivity contribution >= 4 is 17.1 Å². The van der Waals surface area contributed by atoms with Crippen molar-refractivity contribution in [1.29, 1.82) is 0 Å². The summed E-state index contributed by atoms with van der Waals surface area (Å²) in [5.41, 5.74) is 14.3. The predicted molar refractivity (Wildman–Crippen MR) is 208 cm³/mol. The first-order valence-corrected chi connectivity index (χ1v) is 17.3. The summed E-state index contributed by atoms with van der Waals surface area (Å²) in [6.07, 6.45) is 0. The van der Waals surface area contributed by atoms with E-state index < -0.39 is 0 Å². The fourth-order valence-electron chi connectivity index (χ4n) is 7.51. The molecule has 0 bridgehead atoms. The van der Waals surface area contributed by atoms with Crippen molar-refractivity contribution in [2.24, 2.45) is 0 Å². The monoisotopic (exact) mass is 653 g/mol. The highest BCUT2D eigenvalue weighted by Gasteiger charge is 2.25. The zero-order chi connectivity index (χ0) is 33.7. The second kappa shape index (κ2) is 11.9. The van der Waals surface area contributed by atoms with E-state index in [1.807, 2.05) is 24.3 Å². The van der Waals surface area contributed by atoms with E-state index in [0.717, 1.165) is 90.1 Å². The first-order valence-electron chi connectivity index (χ1n) is 17.3. The molecule has 3 heteroatoms. The Labute approximate surface area is 297 Å². The fraction of sp³-hybridized carbons (Fsp3) is 0. The number of nitrogens with zero attached hydrogens (tertiary/aromatic N) is 1. The first kappa shape index (κ1) is 29.1. The summed E-state index contributed by atoms with van der Waals surface area (Å²) in [6, 6.07) is 66.1. The van der Waals surface area contributed by atoms with Crippen molar-refractivity contribution in [2.75, 3.05) is 4.90 Å². The normalized spacial score (nSPS) is 11.8. The molecule has 2 aliphatic rings. The Bertz CT molecular complexity index is 2470. The van der Waals surface area contributed by atoms with Crippen LogP contribution in [0.4, 0.5) is 17.1 Å².